The molecule has 2 heterocycles. The zero-order chi connectivity index (χ0) is 17.8. The van der Waals surface area contributed by atoms with Gasteiger partial charge in [-0.1, -0.05) is 78.2 Å². The average Bonchev–Trinajstić information content (AvgIpc) is 2.94. The largest absolute Gasteiger partial charge is 0.353 e. The van der Waals surface area contributed by atoms with Crippen LogP contribution in [0, 0.1) is 0 Å². The van der Waals surface area contributed by atoms with Crippen molar-refractivity contribution in [3.05, 3.63) is 47.6 Å². The summed E-state index contributed by atoms with van der Waals surface area (Å²) in [6.45, 7) is 21.5. The molecule has 0 aliphatic carbocycles. The van der Waals surface area contributed by atoms with E-state index in [1.165, 1.54) is 6.42 Å². The first-order valence-corrected chi connectivity index (χ1v) is 8.10. The number of aromatic amines is 1. The van der Waals surface area contributed by atoms with Crippen LogP contribution in [0.4, 0.5) is 0 Å². The van der Waals surface area contributed by atoms with E-state index in [-0.39, 0.29) is 0 Å². The third kappa shape index (κ3) is 4.78. The Kier molecular flexibility index (Phi) is 10.0. The summed E-state index contributed by atoms with van der Waals surface area (Å²) in [6.07, 6.45) is 10.4. The van der Waals surface area contributed by atoms with E-state index in [9.17, 15) is 0 Å². The molecule has 0 fully saturated rings. The van der Waals surface area contributed by atoms with Gasteiger partial charge in [-0.3, -0.25) is 0 Å². The average molecular weight is 311 g/mol. The maximum Gasteiger partial charge on any atom is 0.119 e. The van der Waals surface area contributed by atoms with E-state index in [1.807, 2.05) is 32.9 Å². The fourth-order valence-corrected chi connectivity index (χ4v) is 1.98. The second kappa shape index (κ2) is 11.2. The number of H-pyrrole nitrogens is 1. The van der Waals surface area contributed by atoms with Gasteiger partial charge in [0, 0.05) is 16.1 Å². The van der Waals surface area contributed by atoms with E-state index in [2.05, 4.69) is 48.8 Å². The molecular formula is C20H29N3. The number of rotatable bonds is 3. The smallest absolute Gasteiger partial charge is 0.119 e. The standard InChI is InChI=1S/C15H15N3.C3H8.C2H6/c1-5-9-11-12(7-3)16-14-10(6-2)13(8-4)17-18-15(11)14;1-3-2;1-2/h5-9,16H,1-2,4H2,3H3;3H2,1-2H3;1-2H3/b11-9+,12-7+;;. The minimum absolute atomic E-state index is 0.728. The van der Waals surface area contributed by atoms with Gasteiger partial charge in [0.25, 0.3) is 0 Å². The summed E-state index contributed by atoms with van der Waals surface area (Å²) in [7, 11) is 0. The molecule has 0 radical (unpaired) electrons. The third-order valence-corrected chi connectivity index (χ3v) is 2.82. The zero-order valence-electron chi connectivity index (χ0n) is 15.1. The van der Waals surface area contributed by atoms with Crippen molar-refractivity contribution in [2.24, 2.45) is 0 Å². The van der Waals surface area contributed by atoms with Crippen molar-refractivity contribution in [3.63, 3.8) is 0 Å². The second-order valence-corrected chi connectivity index (χ2v) is 4.48. The molecule has 0 aliphatic rings. The van der Waals surface area contributed by atoms with Crippen molar-refractivity contribution < 1.29 is 0 Å². The summed E-state index contributed by atoms with van der Waals surface area (Å²) in [5.74, 6) is 0. The molecule has 3 heteroatoms. The summed E-state index contributed by atoms with van der Waals surface area (Å²) in [5, 5.41) is 10.4. The Morgan fingerprint density at radius 3 is 2.09 bits per heavy atom. The van der Waals surface area contributed by atoms with Crippen LogP contribution in [0.1, 0.15) is 52.3 Å². The molecule has 3 nitrogen and oxygen atoms in total. The molecule has 0 amide bonds. The van der Waals surface area contributed by atoms with Gasteiger partial charge in [0.1, 0.15) is 5.52 Å². The number of hydrogen-bond donors (Lipinski definition) is 1. The molecular weight excluding hydrogens is 282 g/mol. The van der Waals surface area contributed by atoms with Gasteiger partial charge < -0.3 is 4.98 Å². The van der Waals surface area contributed by atoms with Crippen molar-refractivity contribution in [3.8, 4) is 0 Å². The van der Waals surface area contributed by atoms with Crippen LogP contribution in [0.3, 0.4) is 0 Å². The minimum atomic E-state index is 0.728. The van der Waals surface area contributed by atoms with Crippen molar-refractivity contribution >= 4 is 35.3 Å². The van der Waals surface area contributed by atoms with Gasteiger partial charge in [-0.15, -0.1) is 10.2 Å². The van der Waals surface area contributed by atoms with E-state index in [1.54, 1.807) is 18.2 Å². The molecule has 2 rings (SSSR count). The molecule has 0 atom stereocenters. The van der Waals surface area contributed by atoms with Gasteiger partial charge in [0.15, 0.2) is 0 Å². The van der Waals surface area contributed by atoms with Gasteiger partial charge in [-0.05, 0) is 13.0 Å². The van der Waals surface area contributed by atoms with E-state index in [0.717, 1.165) is 32.9 Å². The molecule has 2 aromatic rings. The predicted molar refractivity (Wildman–Crippen MR) is 105 cm³/mol. The number of hydrogen-bond acceptors (Lipinski definition) is 2. The fourth-order valence-electron chi connectivity index (χ4n) is 1.98. The Bertz CT molecular complexity index is 764. The van der Waals surface area contributed by atoms with Crippen molar-refractivity contribution in [1.29, 1.82) is 0 Å². The normalized spacial score (nSPS) is 11.2. The topological polar surface area (TPSA) is 41.6 Å². The first-order valence-electron chi connectivity index (χ1n) is 8.10. The Balaban J connectivity index is 0.000000868. The van der Waals surface area contributed by atoms with Gasteiger partial charge in [0.05, 0.1) is 11.2 Å². The SMILES string of the molecule is C=C/C=c1\c(=C/C)[nH]c2c(C=C)c(C=C)nnc12.CC.CCC. The lowest BCUT2D eigenvalue weighted by molar-refractivity contribution is 1.05. The van der Waals surface area contributed by atoms with Gasteiger partial charge in [0.2, 0.25) is 0 Å². The molecule has 0 aromatic carbocycles. The van der Waals surface area contributed by atoms with Gasteiger partial charge in [-0.2, -0.15) is 0 Å². The van der Waals surface area contributed by atoms with Gasteiger partial charge in [-0.25, -0.2) is 0 Å². The Morgan fingerprint density at radius 2 is 1.65 bits per heavy atom. The monoisotopic (exact) mass is 311 g/mol. The number of aromatic nitrogens is 3. The van der Waals surface area contributed by atoms with Crippen molar-refractivity contribution in [1.82, 2.24) is 15.2 Å². The lowest BCUT2D eigenvalue weighted by atomic mass is 10.1. The van der Waals surface area contributed by atoms with E-state index < -0.39 is 0 Å². The Hall–Kier alpha value is -2.42. The van der Waals surface area contributed by atoms with Crippen LogP contribution in [0.5, 0.6) is 0 Å². The first-order chi connectivity index (χ1) is 11.2. The lowest BCUT2D eigenvalue weighted by Gasteiger charge is -1.99. The van der Waals surface area contributed by atoms with Crippen LogP contribution < -0.4 is 10.6 Å². The zero-order valence-corrected chi connectivity index (χ0v) is 15.1. The molecule has 0 unspecified atom stereocenters. The third-order valence-electron chi connectivity index (χ3n) is 2.82. The highest BCUT2D eigenvalue weighted by atomic mass is 15.1. The second-order valence-electron chi connectivity index (χ2n) is 4.48. The Labute approximate surface area is 139 Å². The fraction of sp³-hybridized carbons (Fsp3) is 0.300. The maximum absolute atomic E-state index is 4.25. The Morgan fingerprint density at radius 1 is 1.04 bits per heavy atom. The lowest BCUT2D eigenvalue weighted by Crippen LogP contribution is -2.22. The highest BCUT2D eigenvalue weighted by Gasteiger charge is 2.09. The van der Waals surface area contributed by atoms with E-state index in [0.29, 0.717) is 0 Å². The predicted octanol–water partition coefficient (Wildman–Crippen LogP) is 4.45. The van der Waals surface area contributed by atoms with Crippen LogP contribution in [0.15, 0.2) is 25.8 Å². The summed E-state index contributed by atoms with van der Waals surface area (Å²) < 4.78 is 0. The number of nitrogens with zero attached hydrogens (tertiary/aromatic N) is 2. The summed E-state index contributed by atoms with van der Waals surface area (Å²) in [4.78, 5) is 3.34. The molecule has 2 aromatic heterocycles. The number of allylic oxidation sites excluding steroid dienone is 1. The van der Waals surface area contributed by atoms with Crippen LogP contribution in [-0.2, 0) is 0 Å². The maximum atomic E-state index is 4.25. The first kappa shape index (κ1) is 20.6. The summed E-state index contributed by atoms with van der Waals surface area (Å²) in [6, 6.07) is 0. The molecule has 0 bridgehead atoms. The molecule has 23 heavy (non-hydrogen) atoms. The highest BCUT2D eigenvalue weighted by Crippen LogP contribution is 2.15. The molecule has 0 saturated heterocycles. The van der Waals surface area contributed by atoms with E-state index >= 15 is 0 Å². The highest BCUT2D eigenvalue weighted by molar-refractivity contribution is 5.88. The van der Waals surface area contributed by atoms with Gasteiger partial charge >= 0.3 is 0 Å². The van der Waals surface area contributed by atoms with Crippen molar-refractivity contribution in [2.75, 3.05) is 0 Å². The number of nitrogens with one attached hydrogen (secondary N) is 1. The molecule has 1 N–H and O–H groups in total. The molecule has 0 saturated carbocycles. The van der Waals surface area contributed by atoms with Crippen LogP contribution in [0.2, 0.25) is 0 Å². The molecule has 0 aliphatic heterocycles. The summed E-state index contributed by atoms with van der Waals surface area (Å²) >= 11 is 0. The van der Waals surface area contributed by atoms with Crippen LogP contribution in [-0.4, -0.2) is 15.2 Å². The summed E-state index contributed by atoms with van der Waals surface area (Å²) in [5.41, 5.74) is 3.40. The van der Waals surface area contributed by atoms with Crippen LogP contribution in [0.25, 0.3) is 35.3 Å². The number of fused-ring (bicyclic) bond motifs is 1. The molecule has 0 spiro atoms. The van der Waals surface area contributed by atoms with E-state index in [4.69, 9.17) is 0 Å². The van der Waals surface area contributed by atoms with Crippen molar-refractivity contribution in [2.45, 2.75) is 41.0 Å². The minimum Gasteiger partial charge on any atom is -0.353 e. The quantitative estimate of drug-likeness (QED) is 0.909. The van der Waals surface area contributed by atoms with Crippen LogP contribution >= 0.6 is 0 Å². The molecule has 124 valence electrons.